The molecule has 0 atom stereocenters. The molecule has 0 saturated carbocycles. The number of rotatable bonds is 5. The number of hydrogen-bond donors (Lipinski definition) is 0. The van der Waals surface area contributed by atoms with Crippen LogP contribution in [0.25, 0.3) is 0 Å². The maximum atomic E-state index is 11.5. The van der Waals surface area contributed by atoms with Crippen molar-refractivity contribution in [2.45, 2.75) is 18.4 Å². The van der Waals surface area contributed by atoms with Crippen LogP contribution in [-0.4, -0.2) is 19.6 Å². The molecule has 0 aliphatic carbocycles. The average Bonchev–Trinajstić information content (AvgIpc) is 2.45. The second kappa shape index (κ2) is 6.15. The van der Waals surface area contributed by atoms with E-state index in [1.807, 2.05) is 0 Å². The average molecular weight is 321 g/mol. The van der Waals surface area contributed by atoms with Crippen molar-refractivity contribution in [2.24, 2.45) is 0 Å². The molecule has 0 spiro atoms. The van der Waals surface area contributed by atoms with Crippen LogP contribution in [0.4, 0.5) is 5.69 Å². The fraction of sp³-hybridized carbons (Fsp3) is 0.200. The summed E-state index contributed by atoms with van der Waals surface area (Å²) in [5.74, 6) is 0.397. The van der Waals surface area contributed by atoms with Crippen LogP contribution in [0.5, 0.6) is 5.75 Å². The van der Waals surface area contributed by atoms with Crippen LogP contribution in [0.3, 0.4) is 0 Å². The lowest BCUT2D eigenvalue weighted by atomic mass is 10.1. The van der Waals surface area contributed by atoms with E-state index in [-0.39, 0.29) is 17.2 Å². The summed E-state index contributed by atoms with van der Waals surface area (Å²) in [6, 6.07) is 10.9. The van der Waals surface area contributed by atoms with Gasteiger partial charge in [0.1, 0.15) is 12.4 Å². The summed E-state index contributed by atoms with van der Waals surface area (Å²) in [7, 11) is -3.30. The summed E-state index contributed by atoms with van der Waals surface area (Å²) in [6.45, 7) is 1.78. The molecule has 116 valence electrons. The van der Waals surface area contributed by atoms with Crippen molar-refractivity contribution in [1.82, 2.24) is 0 Å². The molecule has 0 N–H and O–H groups in total. The molecular formula is C15H15NO5S. The smallest absolute Gasteiger partial charge is 0.272 e. The largest absolute Gasteiger partial charge is 0.489 e. The molecule has 6 nitrogen and oxygen atoms in total. The van der Waals surface area contributed by atoms with E-state index in [9.17, 15) is 18.5 Å². The second-order valence-electron chi connectivity index (χ2n) is 4.85. The molecule has 0 saturated heterocycles. The molecule has 22 heavy (non-hydrogen) atoms. The van der Waals surface area contributed by atoms with Gasteiger partial charge in [0, 0.05) is 17.9 Å². The number of nitro benzene ring substituents is 1. The van der Waals surface area contributed by atoms with Gasteiger partial charge in [-0.1, -0.05) is 18.2 Å². The lowest BCUT2D eigenvalue weighted by molar-refractivity contribution is -0.385. The van der Waals surface area contributed by atoms with Crippen molar-refractivity contribution in [1.29, 1.82) is 0 Å². The minimum Gasteiger partial charge on any atom is -0.489 e. The van der Waals surface area contributed by atoms with E-state index in [0.717, 1.165) is 6.26 Å². The van der Waals surface area contributed by atoms with Crippen molar-refractivity contribution >= 4 is 15.5 Å². The predicted octanol–water partition coefficient (Wildman–Crippen LogP) is 2.89. The first kappa shape index (κ1) is 16.0. The third-order valence-corrected chi connectivity index (χ3v) is 4.35. The molecule has 7 heteroatoms. The predicted molar refractivity (Wildman–Crippen MR) is 81.7 cm³/mol. The zero-order valence-electron chi connectivity index (χ0n) is 12.1. The molecule has 2 rings (SSSR count). The van der Waals surface area contributed by atoms with Crippen LogP contribution in [0.15, 0.2) is 47.4 Å². The van der Waals surface area contributed by atoms with Crippen molar-refractivity contribution in [3.8, 4) is 5.75 Å². The van der Waals surface area contributed by atoms with E-state index < -0.39 is 14.8 Å². The van der Waals surface area contributed by atoms with Gasteiger partial charge in [0.2, 0.25) is 0 Å². The van der Waals surface area contributed by atoms with Crippen molar-refractivity contribution in [2.75, 3.05) is 6.26 Å². The van der Waals surface area contributed by atoms with Gasteiger partial charge in [-0.05, 0) is 30.7 Å². The van der Waals surface area contributed by atoms with E-state index >= 15 is 0 Å². The number of benzene rings is 2. The molecule has 0 bridgehead atoms. The molecule has 0 aliphatic heterocycles. The van der Waals surface area contributed by atoms with Gasteiger partial charge in [-0.2, -0.15) is 0 Å². The number of nitrogens with zero attached hydrogens (tertiary/aromatic N) is 1. The van der Waals surface area contributed by atoms with Gasteiger partial charge in [0.15, 0.2) is 9.84 Å². The van der Waals surface area contributed by atoms with E-state index in [2.05, 4.69) is 0 Å². The molecule has 2 aromatic carbocycles. The number of nitro groups is 1. The van der Waals surface area contributed by atoms with Gasteiger partial charge in [-0.3, -0.25) is 10.1 Å². The lowest BCUT2D eigenvalue weighted by Gasteiger charge is -2.09. The summed E-state index contributed by atoms with van der Waals surface area (Å²) >= 11 is 0. The molecule has 0 radical (unpaired) electrons. The molecule has 0 aromatic heterocycles. The van der Waals surface area contributed by atoms with Gasteiger partial charge >= 0.3 is 0 Å². The minimum atomic E-state index is -3.30. The Bertz CT molecular complexity index is 814. The SMILES string of the molecule is Cc1c(COc2cccc(S(C)(=O)=O)c2)cccc1[N+](=O)[O-]. The first-order valence-electron chi connectivity index (χ1n) is 6.45. The Hall–Kier alpha value is -2.41. The molecular weight excluding hydrogens is 306 g/mol. The van der Waals surface area contributed by atoms with Crippen LogP contribution >= 0.6 is 0 Å². The van der Waals surface area contributed by atoms with E-state index in [0.29, 0.717) is 16.9 Å². The molecule has 0 aliphatic rings. The fourth-order valence-corrected chi connectivity index (χ4v) is 2.64. The highest BCUT2D eigenvalue weighted by molar-refractivity contribution is 7.90. The first-order valence-corrected chi connectivity index (χ1v) is 8.34. The number of ether oxygens (including phenoxy) is 1. The fourth-order valence-electron chi connectivity index (χ4n) is 1.98. The van der Waals surface area contributed by atoms with E-state index in [1.54, 1.807) is 31.2 Å². The Kier molecular flexibility index (Phi) is 4.46. The zero-order chi connectivity index (χ0) is 16.3. The summed E-state index contributed by atoms with van der Waals surface area (Å²) < 4.78 is 28.6. The van der Waals surface area contributed by atoms with Crippen molar-refractivity contribution in [3.05, 3.63) is 63.7 Å². The standard InChI is InChI=1S/C15H15NO5S/c1-11-12(5-3-8-15(11)16(17)18)10-21-13-6-4-7-14(9-13)22(2,19)20/h3-9H,10H2,1-2H3. The van der Waals surface area contributed by atoms with Crippen LogP contribution in [0, 0.1) is 17.0 Å². The van der Waals surface area contributed by atoms with Crippen LogP contribution < -0.4 is 4.74 Å². The molecule has 0 heterocycles. The normalized spacial score (nSPS) is 11.2. The van der Waals surface area contributed by atoms with Crippen LogP contribution in [0.1, 0.15) is 11.1 Å². The molecule has 0 amide bonds. The summed E-state index contributed by atoms with van der Waals surface area (Å²) in [4.78, 5) is 10.6. The van der Waals surface area contributed by atoms with Crippen molar-refractivity contribution in [3.63, 3.8) is 0 Å². The van der Waals surface area contributed by atoms with Crippen LogP contribution in [0.2, 0.25) is 0 Å². The maximum absolute atomic E-state index is 11.5. The number of sulfone groups is 1. The Labute approximate surface area is 128 Å². The number of hydrogen-bond acceptors (Lipinski definition) is 5. The highest BCUT2D eigenvalue weighted by atomic mass is 32.2. The maximum Gasteiger partial charge on any atom is 0.272 e. The van der Waals surface area contributed by atoms with Crippen LogP contribution in [-0.2, 0) is 16.4 Å². The molecule has 0 unspecified atom stereocenters. The third-order valence-electron chi connectivity index (χ3n) is 3.24. The molecule has 0 fully saturated rings. The third kappa shape index (κ3) is 3.62. The Morgan fingerprint density at radius 2 is 1.86 bits per heavy atom. The minimum absolute atomic E-state index is 0.0333. The summed E-state index contributed by atoms with van der Waals surface area (Å²) in [5, 5.41) is 10.9. The quantitative estimate of drug-likeness (QED) is 0.624. The van der Waals surface area contributed by atoms with Gasteiger partial charge in [-0.15, -0.1) is 0 Å². The van der Waals surface area contributed by atoms with Gasteiger partial charge in [0.25, 0.3) is 5.69 Å². The Balaban J connectivity index is 2.21. The topological polar surface area (TPSA) is 86.5 Å². The first-order chi connectivity index (χ1) is 10.3. The van der Waals surface area contributed by atoms with E-state index in [4.69, 9.17) is 4.74 Å². The zero-order valence-corrected chi connectivity index (χ0v) is 13.0. The second-order valence-corrected chi connectivity index (χ2v) is 6.87. The highest BCUT2D eigenvalue weighted by Gasteiger charge is 2.14. The van der Waals surface area contributed by atoms with Crippen molar-refractivity contribution < 1.29 is 18.1 Å². The summed E-state index contributed by atoms with van der Waals surface area (Å²) in [6.07, 6.45) is 1.12. The summed E-state index contributed by atoms with van der Waals surface area (Å²) in [5.41, 5.74) is 1.25. The van der Waals surface area contributed by atoms with Gasteiger partial charge in [0.05, 0.1) is 9.82 Å². The van der Waals surface area contributed by atoms with E-state index in [1.165, 1.54) is 18.2 Å². The highest BCUT2D eigenvalue weighted by Crippen LogP contribution is 2.23. The monoisotopic (exact) mass is 321 g/mol. The van der Waals surface area contributed by atoms with Gasteiger partial charge < -0.3 is 4.74 Å². The lowest BCUT2D eigenvalue weighted by Crippen LogP contribution is -2.02. The Morgan fingerprint density at radius 1 is 1.18 bits per heavy atom. The Morgan fingerprint density at radius 3 is 2.50 bits per heavy atom. The molecule has 2 aromatic rings. The van der Waals surface area contributed by atoms with Gasteiger partial charge in [-0.25, -0.2) is 8.42 Å².